The van der Waals surface area contributed by atoms with E-state index in [0.29, 0.717) is 24.8 Å². The molecule has 0 unspecified atom stereocenters. The van der Waals surface area contributed by atoms with Gasteiger partial charge in [0.15, 0.2) is 5.78 Å². The molecule has 0 aliphatic heterocycles. The van der Waals surface area contributed by atoms with Gasteiger partial charge in [-0.2, -0.15) is 0 Å². The van der Waals surface area contributed by atoms with Gasteiger partial charge in [0.1, 0.15) is 11.2 Å². The molecule has 0 saturated carbocycles. The number of rotatable bonds is 5. The topological polar surface area (TPSA) is 59.4 Å². The Hall–Kier alpha value is -2.67. The molecule has 30 heavy (non-hydrogen) atoms. The van der Waals surface area contributed by atoms with Crippen molar-refractivity contribution in [2.45, 2.75) is 6.54 Å². The molecular weight excluding hydrogens is 443 g/mol. The molecule has 8 heteroatoms. The number of carbonyl (C=O) groups is 2. The highest BCUT2D eigenvalue weighted by Crippen LogP contribution is 2.15. The van der Waals surface area contributed by atoms with Gasteiger partial charge in [-0.15, -0.1) is 11.3 Å². The largest absolute Gasteiger partial charge is 0.347 e. The van der Waals surface area contributed by atoms with E-state index in [2.05, 4.69) is 0 Å². The van der Waals surface area contributed by atoms with Crippen molar-refractivity contribution in [2.24, 2.45) is 0 Å². The fourth-order valence-corrected chi connectivity index (χ4v) is 4.03. The molecule has 0 bridgehead atoms. The van der Waals surface area contributed by atoms with Gasteiger partial charge in [0.2, 0.25) is 5.91 Å². The molecule has 0 radical (unpaired) electrons. The summed E-state index contributed by atoms with van der Waals surface area (Å²) in [6.07, 6.45) is 3.05. The molecule has 154 valence electrons. The summed E-state index contributed by atoms with van der Waals surface area (Å²) in [6, 6.07) is 13.7. The number of hydrogen-bond acceptors (Lipinski definition) is 4. The summed E-state index contributed by atoms with van der Waals surface area (Å²) in [5.74, 6) is -0.598. The number of hydrogen-bond donors (Lipinski definition) is 0. The van der Waals surface area contributed by atoms with E-state index >= 15 is 0 Å². The number of Topliss-reactive ketones (excluding diaryl/α,β-unsaturated/α-hetero) is 1. The van der Waals surface area contributed by atoms with Gasteiger partial charge in [0.25, 0.3) is 5.56 Å². The number of ketones is 1. The molecule has 3 rings (SSSR count). The van der Waals surface area contributed by atoms with Crippen LogP contribution in [0.4, 0.5) is 0 Å². The third-order valence-electron chi connectivity index (χ3n) is 4.29. The quantitative estimate of drug-likeness (QED) is 0.550. The molecule has 0 spiro atoms. The molecule has 1 aromatic heterocycles. The van der Waals surface area contributed by atoms with Crippen molar-refractivity contribution in [2.75, 3.05) is 14.1 Å². The Bertz CT molecular complexity index is 1270. The highest BCUT2D eigenvalue weighted by atomic mass is 35.5. The first kappa shape index (κ1) is 22.0. The molecule has 0 aliphatic carbocycles. The van der Waals surface area contributed by atoms with Crippen LogP contribution in [0.25, 0.3) is 12.2 Å². The van der Waals surface area contributed by atoms with Crippen LogP contribution in [0.2, 0.25) is 10.0 Å². The molecule has 0 aliphatic rings. The third kappa shape index (κ3) is 5.08. The van der Waals surface area contributed by atoms with Gasteiger partial charge in [-0.3, -0.25) is 19.0 Å². The maximum absolute atomic E-state index is 13.0. The van der Waals surface area contributed by atoms with E-state index in [9.17, 15) is 14.4 Å². The summed E-state index contributed by atoms with van der Waals surface area (Å²) < 4.78 is 2.09. The van der Waals surface area contributed by atoms with Crippen LogP contribution in [0.15, 0.2) is 53.3 Å². The normalized spacial score (nSPS) is 12.3. The second kappa shape index (κ2) is 9.43. The van der Waals surface area contributed by atoms with Crippen LogP contribution < -0.4 is 14.8 Å². The zero-order valence-electron chi connectivity index (χ0n) is 16.3. The van der Waals surface area contributed by atoms with Crippen LogP contribution in [0.3, 0.4) is 0 Å². The molecule has 1 amide bonds. The van der Waals surface area contributed by atoms with Crippen LogP contribution in [-0.2, 0) is 11.3 Å². The molecule has 0 atom stereocenters. The van der Waals surface area contributed by atoms with E-state index in [1.165, 1.54) is 15.5 Å². The fraction of sp³-hybridized carbons (Fsp3) is 0.136. The Morgan fingerprint density at radius 3 is 2.37 bits per heavy atom. The SMILES string of the molecule is CN(C)C(=O)Cn1c(=CC(=O)c2ccccc2Cl)sc(=Cc2ccc(Cl)cc2)c1=O. The third-order valence-corrected chi connectivity index (χ3v) is 5.93. The van der Waals surface area contributed by atoms with Crippen LogP contribution >= 0.6 is 34.5 Å². The summed E-state index contributed by atoms with van der Waals surface area (Å²) in [5.41, 5.74) is 0.768. The van der Waals surface area contributed by atoms with E-state index in [1.54, 1.807) is 68.7 Å². The maximum Gasteiger partial charge on any atom is 0.269 e. The lowest BCUT2D eigenvalue weighted by Crippen LogP contribution is -2.37. The fourth-order valence-electron chi connectivity index (χ4n) is 2.63. The lowest BCUT2D eigenvalue weighted by atomic mass is 10.1. The first-order chi connectivity index (χ1) is 14.3. The van der Waals surface area contributed by atoms with Gasteiger partial charge in [-0.25, -0.2) is 0 Å². The monoisotopic (exact) mass is 460 g/mol. The van der Waals surface area contributed by atoms with Gasteiger partial charge < -0.3 is 4.90 Å². The zero-order valence-corrected chi connectivity index (χ0v) is 18.6. The summed E-state index contributed by atoms with van der Waals surface area (Å²) in [7, 11) is 3.22. The minimum atomic E-state index is -0.344. The number of amides is 1. The molecule has 1 heterocycles. The van der Waals surface area contributed by atoms with Crippen LogP contribution in [0, 0.1) is 0 Å². The Labute approximate surface area is 187 Å². The van der Waals surface area contributed by atoms with Crippen molar-refractivity contribution in [3.63, 3.8) is 0 Å². The summed E-state index contributed by atoms with van der Waals surface area (Å²) in [5, 5.41) is 0.910. The zero-order chi connectivity index (χ0) is 21.8. The Kier molecular flexibility index (Phi) is 6.92. The highest BCUT2D eigenvalue weighted by molar-refractivity contribution is 7.07. The summed E-state index contributed by atoms with van der Waals surface area (Å²) in [6.45, 7) is -0.168. The van der Waals surface area contributed by atoms with E-state index in [1.807, 2.05) is 0 Å². The van der Waals surface area contributed by atoms with Crippen molar-refractivity contribution >= 4 is 58.4 Å². The number of halogens is 2. The van der Waals surface area contributed by atoms with Crippen LogP contribution in [0.1, 0.15) is 15.9 Å². The molecule has 0 fully saturated rings. The van der Waals surface area contributed by atoms with E-state index in [0.717, 1.165) is 16.9 Å². The van der Waals surface area contributed by atoms with E-state index in [4.69, 9.17) is 23.2 Å². The van der Waals surface area contributed by atoms with Crippen LogP contribution in [-0.4, -0.2) is 35.3 Å². The molecule has 0 saturated heterocycles. The van der Waals surface area contributed by atoms with Crippen molar-refractivity contribution in [3.8, 4) is 0 Å². The average molecular weight is 461 g/mol. The summed E-state index contributed by atoms with van der Waals surface area (Å²) in [4.78, 5) is 39.4. The number of carbonyl (C=O) groups excluding carboxylic acids is 2. The molecule has 2 aromatic carbocycles. The van der Waals surface area contributed by atoms with Crippen molar-refractivity contribution < 1.29 is 9.59 Å². The van der Waals surface area contributed by atoms with Gasteiger partial charge >= 0.3 is 0 Å². The Balaban J connectivity index is 2.16. The maximum atomic E-state index is 13.0. The molecule has 0 N–H and O–H groups in total. The van der Waals surface area contributed by atoms with Gasteiger partial charge in [-0.1, -0.05) is 47.5 Å². The first-order valence-corrected chi connectivity index (χ1v) is 10.5. The Morgan fingerprint density at radius 1 is 1.07 bits per heavy atom. The lowest BCUT2D eigenvalue weighted by Gasteiger charge is -2.10. The summed E-state index contributed by atoms with van der Waals surface area (Å²) >= 11 is 13.2. The molecule has 5 nitrogen and oxygen atoms in total. The van der Waals surface area contributed by atoms with Gasteiger partial charge in [-0.05, 0) is 35.9 Å². The first-order valence-electron chi connectivity index (χ1n) is 8.94. The number of nitrogens with zero attached hydrogens (tertiary/aromatic N) is 2. The smallest absolute Gasteiger partial charge is 0.269 e. The van der Waals surface area contributed by atoms with Crippen molar-refractivity contribution in [3.05, 3.63) is 89.3 Å². The van der Waals surface area contributed by atoms with Crippen LogP contribution in [0.5, 0.6) is 0 Å². The lowest BCUT2D eigenvalue weighted by molar-refractivity contribution is -0.129. The molecule has 3 aromatic rings. The van der Waals surface area contributed by atoms with Gasteiger partial charge in [0.05, 0.1) is 9.55 Å². The predicted octanol–water partition coefficient (Wildman–Crippen LogP) is 2.80. The molecular formula is C22H18Cl2N2O3S. The second-order valence-corrected chi connectivity index (χ2v) is 8.57. The number of thiazole rings is 1. The Morgan fingerprint density at radius 2 is 1.73 bits per heavy atom. The highest BCUT2D eigenvalue weighted by Gasteiger charge is 2.13. The van der Waals surface area contributed by atoms with Gasteiger partial charge in [0, 0.05) is 30.8 Å². The number of likely N-dealkylation sites (N-methyl/N-ethyl adjacent to an activating group) is 1. The number of benzene rings is 2. The standard InChI is InChI=1S/C22H18Cl2N2O3S/c1-25(2)20(28)13-26-21(12-18(27)16-5-3-4-6-17(16)24)30-19(22(26)29)11-14-7-9-15(23)10-8-14/h3-12H,13H2,1-2H3. The number of aromatic nitrogens is 1. The minimum Gasteiger partial charge on any atom is -0.347 e. The van der Waals surface area contributed by atoms with Crippen molar-refractivity contribution in [1.29, 1.82) is 0 Å². The predicted molar refractivity (Wildman–Crippen MR) is 122 cm³/mol. The second-order valence-electron chi connectivity index (χ2n) is 6.67. The average Bonchev–Trinajstić information content (AvgIpc) is 2.98. The van der Waals surface area contributed by atoms with E-state index < -0.39 is 0 Å². The minimum absolute atomic E-state index is 0.168. The van der Waals surface area contributed by atoms with Crippen molar-refractivity contribution in [1.82, 2.24) is 9.47 Å². The van der Waals surface area contributed by atoms with E-state index in [-0.39, 0.29) is 23.8 Å².